The molecule has 0 aliphatic rings. The van der Waals surface area contributed by atoms with E-state index in [0.29, 0.717) is 11.8 Å². The lowest BCUT2D eigenvalue weighted by molar-refractivity contribution is 0.906. The topological polar surface area (TPSA) is 55.1 Å². The minimum Gasteiger partial charge on any atom is -0.354 e. The molecule has 5 aromatic rings. The smallest absolute Gasteiger partial charge is 0.226 e. The highest BCUT2D eigenvalue weighted by Gasteiger charge is 2.14. The summed E-state index contributed by atoms with van der Waals surface area (Å²) in [6, 6.07) is 26.7. The molecule has 142 valence electrons. The number of aryl methyl sites for hydroxylation is 1. The van der Waals surface area contributed by atoms with E-state index in [4.69, 9.17) is 15.1 Å². The third-order valence-corrected chi connectivity index (χ3v) is 4.99. The van der Waals surface area contributed by atoms with Gasteiger partial charge in [0.1, 0.15) is 0 Å². The summed E-state index contributed by atoms with van der Waals surface area (Å²) in [6.07, 6.45) is 0.915. The van der Waals surface area contributed by atoms with Crippen LogP contribution in [0.25, 0.3) is 27.9 Å². The van der Waals surface area contributed by atoms with Crippen LogP contribution in [0.2, 0.25) is 0 Å². The SMILES string of the molecule is Cc1cccc(CCNc2nc3ccccc3c3nc(-c4ccccc4)nn23)c1. The van der Waals surface area contributed by atoms with Gasteiger partial charge in [0.05, 0.1) is 5.52 Å². The number of anilines is 1. The number of nitrogens with zero attached hydrogens (tertiary/aromatic N) is 4. The Kier molecular flexibility index (Phi) is 4.41. The first-order valence-corrected chi connectivity index (χ1v) is 9.78. The van der Waals surface area contributed by atoms with Crippen molar-refractivity contribution < 1.29 is 0 Å². The Bertz CT molecular complexity index is 1290. The van der Waals surface area contributed by atoms with Gasteiger partial charge in [0.2, 0.25) is 5.95 Å². The number of hydrogen-bond acceptors (Lipinski definition) is 4. The summed E-state index contributed by atoms with van der Waals surface area (Å²) in [5.74, 6) is 1.41. The molecule has 0 saturated carbocycles. The van der Waals surface area contributed by atoms with Gasteiger partial charge in [-0.25, -0.2) is 9.97 Å². The van der Waals surface area contributed by atoms with Crippen molar-refractivity contribution in [2.24, 2.45) is 0 Å². The number of fused-ring (bicyclic) bond motifs is 3. The Morgan fingerprint density at radius 1 is 0.862 bits per heavy atom. The van der Waals surface area contributed by atoms with E-state index in [1.165, 1.54) is 11.1 Å². The van der Waals surface area contributed by atoms with Gasteiger partial charge in [-0.05, 0) is 31.0 Å². The number of hydrogen-bond donors (Lipinski definition) is 1. The van der Waals surface area contributed by atoms with Gasteiger partial charge in [-0.1, -0.05) is 72.3 Å². The van der Waals surface area contributed by atoms with E-state index in [1.54, 1.807) is 0 Å². The predicted molar refractivity (Wildman–Crippen MR) is 117 cm³/mol. The summed E-state index contributed by atoms with van der Waals surface area (Å²) in [4.78, 5) is 9.63. The highest BCUT2D eigenvalue weighted by molar-refractivity contribution is 5.92. The average molecular weight is 379 g/mol. The maximum atomic E-state index is 4.82. The van der Waals surface area contributed by atoms with Crippen molar-refractivity contribution in [1.82, 2.24) is 19.6 Å². The van der Waals surface area contributed by atoms with Crippen LogP contribution in [-0.4, -0.2) is 26.1 Å². The first-order chi connectivity index (χ1) is 14.3. The van der Waals surface area contributed by atoms with Crippen molar-refractivity contribution in [2.45, 2.75) is 13.3 Å². The molecule has 1 N–H and O–H groups in total. The largest absolute Gasteiger partial charge is 0.354 e. The summed E-state index contributed by atoms with van der Waals surface area (Å²) in [5.41, 5.74) is 5.29. The second-order valence-corrected chi connectivity index (χ2v) is 7.16. The fraction of sp³-hybridized carbons (Fsp3) is 0.125. The maximum Gasteiger partial charge on any atom is 0.226 e. The fourth-order valence-corrected chi connectivity index (χ4v) is 3.57. The lowest BCUT2D eigenvalue weighted by atomic mass is 10.1. The molecule has 0 amide bonds. The summed E-state index contributed by atoms with van der Waals surface area (Å²) in [6.45, 7) is 2.89. The van der Waals surface area contributed by atoms with Crippen LogP contribution in [0.5, 0.6) is 0 Å². The molecule has 0 aliphatic heterocycles. The molecule has 0 aliphatic carbocycles. The summed E-state index contributed by atoms with van der Waals surface area (Å²) < 4.78 is 1.82. The molecule has 0 bridgehead atoms. The zero-order valence-electron chi connectivity index (χ0n) is 16.2. The molecule has 0 radical (unpaired) electrons. The first-order valence-electron chi connectivity index (χ1n) is 9.78. The molecule has 0 unspecified atom stereocenters. The Hall–Kier alpha value is -3.73. The normalized spacial score (nSPS) is 11.2. The van der Waals surface area contributed by atoms with Gasteiger partial charge in [-0.3, -0.25) is 0 Å². The van der Waals surface area contributed by atoms with Crippen LogP contribution in [0.15, 0.2) is 78.9 Å². The second kappa shape index (κ2) is 7.36. The van der Waals surface area contributed by atoms with Crippen molar-refractivity contribution in [3.05, 3.63) is 90.0 Å². The Labute approximate surface area is 169 Å². The van der Waals surface area contributed by atoms with Crippen LogP contribution in [0, 0.1) is 6.92 Å². The fourth-order valence-electron chi connectivity index (χ4n) is 3.57. The summed E-state index contributed by atoms with van der Waals surface area (Å²) >= 11 is 0. The number of aromatic nitrogens is 4. The van der Waals surface area contributed by atoms with Crippen LogP contribution < -0.4 is 5.32 Å². The highest BCUT2D eigenvalue weighted by atomic mass is 15.4. The maximum absolute atomic E-state index is 4.82. The van der Waals surface area contributed by atoms with E-state index in [9.17, 15) is 0 Å². The Morgan fingerprint density at radius 2 is 1.69 bits per heavy atom. The van der Waals surface area contributed by atoms with Crippen molar-refractivity contribution in [3.8, 4) is 11.4 Å². The zero-order valence-corrected chi connectivity index (χ0v) is 16.2. The van der Waals surface area contributed by atoms with E-state index in [0.717, 1.165) is 35.1 Å². The lowest BCUT2D eigenvalue weighted by Crippen LogP contribution is -2.11. The van der Waals surface area contributed by atoms with E-state index >= 15 is 0 Å². The van der Waals surface area contributed by atoms with Crippen molar-refractivity contribution in [1.29, 1.82) is 0 Å². The van der Waals surface area contributed by atoms with E-state index in [1.807, 2.05) is 59.1 Å². The number of para-hydroxylation sites is 1. The van der Waals surface area contributed by atoms with Gasteiger partial charge in [-0.15, -0.1) is 5.10 Å². The van der Waals surface area contributed by atoms with E-state index in [-0.39, 0.29) is 0 Å². The monoisotopic (exact) mass is 379 g/mol. The molecule has 5 rings (SSSR count). The average Bonchev–Trinajstić information content (AvgIpc) is 3.21. The molecule has 5 heteroatoms. The molecule has 5 nitrogen and oxygen atoms in total. The van der Waals surface area contributed by atoms with Gasteiger partial charge in [0, 0.05) is 17.5 Å². The number of nitrogens with one attached hydrogen (secondary N) is 1. The van der Waals surface area contributed by atoms with Gasteiger partial charge in [-0.2, -0.15) is 4.52 Å². The molecular weight excluding hydrogens is 358 g/mol. The van der Waals surface area contributed by atoms with Crippen LogP contribution in [0.3, 0.4) is 0 Å². The molecule has 0 atom stereocenters. The number of rotatable bonds is 5. The zero-order chi connectivity index (χ0) is 19.6. The van der Waals surface area contributed by atoms with E-state index in [2.05, 4.69) is 36.5 Å². The Morgan fingerprint density at radius 3 is 2.55 bits per heavy atom. The summed E-state index contributed by atoms with van der Waals surface area (Å²) in [7, 11) is 0. The van der Waals surface area contributed by atoms with Crippen molar-refractivity contribution >= 4 is 22.5 Å². The first kappa shape index (κ1) is 17.4. The molecule has 0 spiro atoms. The lowest BCUT2D eigenvalue weighted by Gasteiger charge is -2.09. The van der Waals surface area contributed by atoms with Gasteiger partial charge in [0.15, 0.2) is 11.5 Å². The predicted octanol–water partition coefficient (Wildman–Crippen LogP) is 4.91. The molecule has 2 heterocycles. The van der Waals surface area contributed by atoms with Crippen molar-refractivity contribution in [3.63, 3.8) is 0 Å². The van der Waals surface area contributed by atoms with Crippen molar-refractivity contribution in [2.75, 3.05) is 11.9 Å². The molecule has 0 fully saturated rings. The summed E-state index contributed by atoms with van der Waals surface area (Å²) in [5, 5.41) is 9.21. The standard InChI is InChI=1S/C24H21N5/c1-17-8-7-9-18(16-17)14-15-25-24-26-21-13-6-5-12-20(21)23-27-22(28-29(23)24)19-10-3-2-4-11-19/h2-13,16H,14-15H2,1H3,(H,25,26). The third kappa shape index (κ3) is 3.43. The van der Waals surface area contributed by atoms with E-state index < -0.39 is 0 Å². The molecule has 3 aromatic carbocycles. The minimum atomic E-state index is 0.700. The second-order valence-electron chi connectivity index (χ2n) is 7.16. The van der Waals surface area contributed by atoms with Crippen LogP contribution in [0.4, 0.5) is 5.95 Å². The molecular formula is C24H21N5. The highest BCUT2D eigenvalue weighted by Crippen LogP contribution is 2.24. The molecule has 2 aromatic heterocycles. The van der Waals surface area contributed by atoms with Gasteiger partial charge >= 0.3 is 0 Å². The molecule has 29 heavy (non-hydrogen) atoms. The van der Waals surface area contributed by atoms with Crippen LogP contribution >= 0.6 is 0 Å². The third-order valence-electron chi connectivity index (χ3n) is 4.99. The van der Waals surface area contributed by atoms with Crippen LogP contribution in [-0.2, 0) is 6.42 Å². The molecule has 0 saturated heterocycles. The minimum absolute atomic E-state index is 0.700. The van der Waals surface area contributed by atoms with Gasteiger partial charge in [0.25, 0.3) is 0 Å². The quantitative estimate of drug-likeness (QED) is 0.471. The number of benzene rings is 3. The van der Waals surface area contributed by atoms with Crippen LogP contribution in [0.1, 0.15) is 11.1 Å². The Balaban J connectivity index is 1.53. The van der Waals surface area contributed by atoms with Gasteiger partial charge < -0.3 is 5.32 Å².